The zero-order valence-corrected chi connectivity index (χ0v) is 11.5. The summed E-state index contributed by atoms with van der Waals surface area (Å²) in [7, 11) is 0. The summed E-state index contributed by atoms with van der Waals surface area (Å²) < 4.78 is 5.71. The molecule has 1 heterocycles. The van der Waals surface area contributed by atoms with E-state index in [0.29, 0.717) is 16.5 Å². The van der Waals surface area contributed by atoms with Gasteiger partial charge in [0.15, 0.2) is 0 Å². The average molecular weight is 303 g/mol. The molecule has 0 bridgehead atoms. The molecule has 21 heavy (non-hydrogen) atoms. The van der Waals surface area contributed by atoms with Crippen LogP contribution in [0.5, 0.6) is 0 Å². The lowest BCUT2D eigenvalue weighted by Crippen LogP contribution is -2.13. The molecule has 1 aliphatic rings. The molecule has 0 amide bonds. The van der Waals surface area contributed by atoms with Crippen LogP contribution in [0, 0.1) is 0 Å². The van der Waals surface area contributed by atoms with Crippen LogP contribution in [0.2, 0.25) is 5.02 Å². The quantitative estimate of drug-likeness (QED) is 0.914. The van der Waals surface area contributed by atoms with E-state index in [1.165, 1.54) is 12.1 Å². The fraction of sp³-hybridized carbons (Fsp3) is 0.0667. The third kappa shape index (κ3) is 2.68. The summed E-state index contributed by atoms with van der Waals surface area (Å²) in [6, 6.07) is 13.7. The van der Waals surface area contributed by atoms with Crippen molar-refractivity contribution in [3.63, 3.8) is 0 Å². The number of carboxylic acid groups (broad SMARTS) is 1. The predicted octanol–water partition coefficient (Wildman–Crippen LogP) is 3.02. The van der Waals surface area contributed by atoms with E-state index in [0.717, 1.165) is 5.56 Å². The van der Waals surface area contributed by atoms with Gasteiger partial charge in [-0.05, 0) is 24.3 Å². The minimum atomic E-state index is -0.994. The molecule has 5 nitrogen and oxygen atoms in total. The summed E-state index contributed by atoms with van der Waals surface area (Å²) in [5.41, 5.74) is 4.39. The highest BCUT2D eigenvalue weighted by molar-refractivity contribution is 6.31. The molecule has 6 heteroatoms. The molecule has 0 radical (unpaired) electrons. The number of hydrogen-bond donors (Lipinski definition) is 2. The fourth-order valence-electron chi connectivity index (χ4n) is 2.02. The third-order valence-electron chi connectivity index (χ3n) is 3.06. The largest absolute Gasteiger partial charge is 0.478 e. The van der Waals surface area contributed by atoms with Crippen LogP contribution in [-0.2, 0) is 4.74 Å². The van der Waals surface area contributed by atoms with Crippen molar-refractivity contribution in [2.75, 3.05) is 0 Å². The van der Waals surface area contributed by atoms with E-state index in [4.69, 9.17) is 21.4 Å². The van der Waals surface area contributed by atoms with Crippen LogP contribution in [0.4, 0.5) is 0 Å². The second-order valence-corrected chi connectivity index (χ2v) is 4.86. The minimum Gasteiger partial charge on any atom is -0.478 e. The molecule has 0 spiro atoms. The Hall–Kier alpha value is -2.53. The number of benzene rings is 2. The van der Waals surface area contributed by atoms with Gasteiger partial charge in [0.2, 0.25) is 12.1 Å². The van der Waals surface area contributed by atoms with Gasteiger partial charge in [0.1, 0.15) is 0 Å². The first-order valence-corrected chi connectivity index (χ1v) is 6.61. The zero-order chi connectivity index (χ0) is 14.8. The van der Waals surface area contributed by atoms with Crippen LogP contribution < -0.4 is 5.43 Å². The smallest absolute Gasteiger partial charge is 0.335 e. The number of rotatable bonds is 3. The Bertz CT molecular complexity index is 730. The van der Waals surface area contributed by atoms with E-state index in [2.05, 4.69) is 10.5 Å². The standard InChI is InChI=1S/C15H11ClN2O3/c16-12-7-2-1-6-11(12)14-18-17-13(21-14)9-4-3-5-10(8-9)15(19)20/h1-8,14,18H,(H,19,20). The van der Waals surface area contributed by atoms with E-state index in [9.17, 15) is 4.79 Å². The van der Waals surface area contributed by atoms with Gasteiger partial charge in [-0.3, -0.25) is 5.43 Å². The molecule has 0 fully saturated rings. The van der Waals surface area contributed by atoms with Gasteiger partial charge in [-0.1, -0.05) is 35.9 Å². The van der Waals surface area contributed by atoms with Gasteiger partial charge in [0.05, 0.1) is 5.56 Å². The van der Waals surface area contributed by atoms with Crippen LogP contribution in [0.15, 0.2) is 53.6 Å². The third-order valence-corrected chi connectivity index (χ3v) is 3.40. The van der Waals surface area contributed by atoms with Gasteiger partial charge >= 0.3 is 5.97 Å². The predicted molar refractivity (Wildman–Crippen MR) is 78.4 cm³/mol. The van der Waals surface area contributed by atoms with Crippen LogP contribution in [0.25, 0.3) is 0 Å². The lowest BCUT2D eigenvalue weighted by molar-refractivity contribution is 0.0697. The second kappa shape index (κ2) is 5.46. The maximum absolute atomic E-state index is 11.0. The summed E-state index contributed by atoms with van der Waals surface area (Å²) in [5, 5.41) is 13.7. The summed E-state index contributed by atoms with van der Waals surface area (Å²) >= 11 is 6.12. The number of ether oxygens (including phenoxy) is 1. The molecule has 0 saturated carbocycles. The normalized spacial score (nSPS) is 16.8. The minimum absolute atomic E-state index is 0.181. The second-order valence-electron chi connectivity index (χ2n) is 4.45. The summed E-state index contributed by atoms with van der Waals surface area (Å²) in [5.74, 6) is -0.658. The Morgan fingerprint density at radius 1 is 1.24 bits per heavy atom. The van der Waals surface area contributed by atoms with Crippen molar-refractivity contribution >= 4 is 23.5 Å². The molecule has 0 aliphatic carbocycles. The molecule has 2 aromatic rings. The van der Waals surface area contributed by atoms with Crippen LogP contribution in [0.1, 0.15) is 27.7 Å². The van der Waals surface area contributed by atoms with Gasteiger partial charge in [-0.15, -0.1) is 5.10 Å². The maximum atomic E-state index is 11.0. The average Bonchev–Trinajstić information content (AvgIpc) is 2.97. The molecule has 1 unspecified atom stereocenters. The molecule has 2 N–H and O–H groups in total. The van der Waals surface area contributed by atoms with Crippen LogP contribution in [-0.4, -0.2) is 17.0 Å². The number of halogens is 1. The van der Waals surface area contributed by atoms with Crippen molar-refractivity contribution in [1.29, 1.82) is 0 Å². The summed E-state index contributed by atoms with van der Waals surface area (Å²) in [6.45, 7) is 0. The van der Waals surface area contributed by atoms with Gasteiger partial charge in [-0.2, -0.15) is 0 Å². The Balaban J connectivity index is 1.83. The van der Waals surface area contributed by atoms with Crippen molar-refractivity contribution in [1.82, 2.24) is 5.43 Å². The summed E-state index contributed by atoms with van der Waals surface area (Å²) in [6.07, 6.45) is -0.484. The van der Waals surface area contributed by atoms with Gasteiger partial charge in [0, 0.05) is 16.1 Å². The monoisotopic (exact) mass is 302 g/mol. The highest BCUT2D eigenvalue weighted by Gasteiger charge is 2.24. The molecule has 2 aromatic carbocycles. The fourth-order valence-corrected chi connectivity index (χ4v) is 2.26. The number of hydrogen-bond acceptors (Lipinski definition) is 4. The van der Waals surface area contributed by atoms with Crippen molar-refractivity contribution in [3.8, 4) is 0 Å². The zero-order valence-electron chi connectivity index (χ0n) is 10.8. The van der Waals surface area contributed by atoms with Crippen molar-refractivity contribution < 1.29 is 14.6 Å². The molecule has 0 saturated heterocycles. The highest BCUT2D eigenvalue weighted by Crippen LogP contribution is 2.27. The number of nitrogens with one attached hydrogen (secondary N) is 1. The van der Waals surface area contributed by atoms with Gasteiger partial charge in [-0.25, -0.2) is 4.79 Å². The molecule has 106 valence electrons. The van der Waals surface area contributed by atoms with Gasteiger partial charge in [0.25, 0.3) is 0 Å². The Kier molecular flexibility index (Phi) is 3.50. The first kappa shape index (κ1) is 13.5. The van der Waals surface area contributed by atoms with E-state index >= 15 is 0 Å². The molecule has 1 atom stereocenters. The van der Waals surface area contributed by atoms with Crippen molar-refractivity contribution in [2.24, 2.45) is 5.10 Å². The first-order valence-electron chi connectivity index (χ1n) is 6.23. The van der Waals surface area contributed by atoms with E-state index in [1.807, 2.05) is 18.2 Å². The number of aromatic carboxylic acids is 1. The highest BCUT2D eigenvalue weighted by atomic mass is 35.5. The molecule has 3 rings (SSSR count). The van der Waals surface area contributed by atoms with Gasteiger partial charge < -0.3 is 9.84 Å². The Morgan fingerprint density at radius 3 is 2.81 bits per heavy atom. The number of hydrazone groups is 1. The van der Waals surface area contributed by atoms with E-state index in [1.54, 1.807) is 18.2 Å². The molecular formula is C15H11ClN2O3. The maximum Gasteiger partial charge on any atom is 0.335 e. The molecule has 1 aliphatic heterocycles. The van der Waals surface area contributed by atoms with E-state index in [-0.39, 0.29) is 5.56 Å². The first-order chi connectivity index (χ1) is 10.1. The molecular weight excluding hydrogens is 292 g/mol. The number of carboxylic acids is 1. The van der Waals surface area contributed by atoms with Crippen molar-refractivity contribution in [2.45, 2.75) is 6.23 Å². The van der Waals surface area contributed by atoms with Crippen molar-refractivity contribution in [3.05, 3.63) is 70.2 Å². The number of carbonyl (C=O) groups is 1. The lowest BCUT2D eigenvalue weighted by atomic mass is 10.1. The Morgan fingerprint density at radius 2 is 2.05 bits per heavy atom. The molecule has 0 aromatic heterocycles. The van der Waals surface area contributed by atoms with E-state index < -0.39 is 12.2 Å². The van der Waals surface area contributed by atoms with Crippen LogP contribution >= 0.6 is 11.6 Å². The summed E-state index contributed by atoms with van der Waals surface area (Å²) in [4.78, 5) is 11.0. The topological polar surface area (TPSA) is 70.9 Å². The number of nitrogens with zero attached hydrogens (tertiary/aromatic N) is 1. The lowest BCUT2D eigenvalue weighted by Gasteiger charge is -2.12. The SMILES string of the molecule is O=C(O)c1cccc(C2=NNC(c3ccccc3Cl)O2)c1. The Labute approximate surface area is 125 Å². The van der Waals surface area contributed by atoms with Crippen LogP contribution in [0.3, 0.4) is 0 Å².